The van der Waals surface area contributed by atoms with Gasteiger partial charge in [-0.15, -0.1) is 0 Å². The van der Waals surface area contributed by atoms with Crippen molar-refractivity contribution in [3.8, 4) is 5.75 Å². The molecule has 2 N–H and O–H groups in total. The van der Waals surface area contributed by atoms with Gasteiger partial charge in [0.05, 0.1) is 24.9 Å². The smallest absolute Gasteiger partial charge is 0.129 e. The minimum absolute atomic E-state index is 0.373. The first kappa shape index (κ1) is 16.2. The molecule has 0 bridgehead atoms. The summed E-state index contributed by atoms with van der Waals surface area (Å²) < 4.78 is 11.7. The summed E-state index contributed by atoms with van der Waals surface area (Å²) in [7, 11) is 0. The van der Waals surface area contributed by atoms with Crippen LogP contribution in [0, 0.1) is 5.92 Å². The first-order chi connectivity index (χ1) is 10.2. The van der Waals surface area contributed by atoms with E-state index in [4.69, 9.17) is 27.4 Å². The van der Waals surface area contributed by atoms with Crippen molar-refractivity contribution < 1.29 is 9.47 Å². The molecule has 21 heavy (non-hydrogen) atoms. The molecule has 1 fully saturated rings. The van der Waals surface area contributed by atoms with Gasteiger partial charge in [0.25, 0.3) is 0 Å². The van der Waals surface area contributed by atoms with E-state index in [-0.39, 0.29) is 0 Å². The van der Waals surface area contributed by atoms with Crippen LogP contribution in [0.5, 0.6) is 5.75 Å². The number of rotatable bonds is 7. The topological polar surface area (TPSA) is 44.5 Å². The van der Waals surface area contributed by atoms with E-state index in [1.165, 1.54) is 25.7 Å². The fourth-order valence-corrected chi connectivity index (χ4v) is 2.85. The van der Waals surface area contributed by atoms with E-state index in [0.29, 0.717) is 17.7 Å². The Hall–Kier alpha value is -1.13. The van der Waals surface area contributed by atoms with Gasteiger partial charge < -0.3 is 15.2 Å². The van der Waals surface area contributed by atoms with E-state index in [1.54, 1.807) is 0 Å². The highest BCUT2D eigenvalue weighted by molar-refractivity contribution is 7.80. The Morgan fingerprint density at radius 1 is 1.19 bits per heavy atom. The number of benzene rings is 1. The highest BCUT2D eigenvalue weighted by Crippen LogP contribution is 2.25. The lowest BCUT2D eigenvalue weighted by Gasteiger charge is -2.26. The second-order valence-electron chi connectivity index (χ2n) is 5.82. The van der Waals surface area contributed by atoms with E-state index < -0.39 is 0 Å². The zero-order chi connectivity index (χ0) is 15.1. The quantitative estimate of drug-likeness (QED) is 0.616. The molecule has 3 nitrogen and oxygen atoms in total. The third-order valence-electron chi connectivity index (χ3n) is 4.02. The largest absolute Gasteiger partial charge is 0.493 e. The summed E-state index contributed by atoms with van der Waals surface area (Å²) in [5, 5.41) is 0. The molecule has 0 spiro atoms. The maximum Gasteiger partial charge on any atom is 0.129 e. The van der Waals surface area contributed by atoms with Crippen LogP contribution < -0.4 is 10.5 Å². The van der Waals surface area contributed by atoms with Gasteiger partial charge in [-0.2, -0.15) is 0 Å². The minimum atomic E-state index is 0.373. The van der Waals surface area contributed by atoms with Crippen molar-refractivity contribution in [2.75, 3.05) is 13.2 Å². The van der Waals surface area contributed by atoms with Gasteiger partial charge >= 0.3 is 0 Å². The number of para-hydroxylation sites is 1. The van der Waals surface area contributed by atoms with Crippen LogP contribution in [0.25, 0.3) is 0 Å². The number of hydrogen-bond acceptors (Lipinski definition) is 3. The maximum absolute atomic E-state index is 5.92. The van der Waals surface area contributed by atoms with Crippen LogP contribution in [-0.2, 0) is 4.74 Å². The lowest BCUT2D eigenvalue weighted by molar-refractivity contribution is 0.0146. The average molecular weight is 307 g/mol. The van der Waals surface area contributed by atoms with Crippen molar-refractivity contribution in [1.82, 2.24) is 0 Å². The SMILES string of the molecule is CC1CCC(OCCCOc2ccccc2C(N)=S)CC1. The normalized spacial score (nSPS) is 22.0. The zero-order valence-corrected chi connectivity index (χ0v) is 13.5. The van der Waals surface area contributed by atoms with Gasteiger partial charge in [0.15, 0.2) is 0 Å². The molecule has 0 unspecified atom stereocenters. The van der Waals surface area contributed by atoms with Crippen molar-refractivity contribution in [3.63, 3.8) is 0 Å². The van der Waals surface area contributed by atoms with E-state index in [1.807, 2.05) is 24.3 Å². The van der Waals surface area contributed by atoms with Gasteiger partial charge in [0.2, 0.25) is 0 Å². The molecule has 1 aromatic rings. The van der Waals surface area contributed by atoms with Crippen LogP contribution in [0.15, 0.2) is 24.3 Å². The lowest BCUT2D eigenvalue weighted by atomic mass is 9.89. The summed E-state index contributed by atoms with van der Waals surface area (Å²) in [6, 6.07) is 7.63. The molecule has 0 heterocycles. The Morgan fingerprint density at radius 3 is 2.62 bits per heavy atom. The van der Waals surface area contributed by atoms with Gasteiger partial charge in [-0.1, -0.05) is 31.3 Å². The van der Waals surface area contributed by atoms with Crippen molar-refractivity contribution in [2.45, 2.75) is 45.1 Å². The van der Waals surface area contributed by atoms with Crippen LogP contribution in [0.3, 0.4) is 0 Å². The summed E-state index contributed by atoms with van der Waals surface area (Å²) in [6.45, 7) is 3.71. The molecule has 1 aromatic carbocycles. The van der Waals surface area contributed by atoms with E-state index in [9.17, 15) is 0 Å². The molecule has 1 aliphatic rings. The van der Waals surface area contributed by atoms with Crippen molar-refractivity contribution >= 4 is 17.2 Å². The van der Waals surface area contributed by atoms with Crippen LogP contribution in [0.1, 0.15) is 44.6 Å². The first-order valence-corrected chi connectivity index (χ1v) is 8.21. The van der Waals surface area contributed by atoms with Gasteiger partial charge in [0, 0.05) is 6.42 Å². The van der Waals surface area contributed by atoms with Crippen LogP contribution in [-0.4, -0.2) is 24.3 Å². The molecule has 4 heteroatoms. The number of thiocarbonyl (C=S) groups is 1. The Labute approximate surface area is 132 Å². The third-order valence-corrected chi connectivity index (χ3v) is 4.24. The fourth-order valence-electron chi connectivity index (χ4n) is 2.68. The minimum Gasteiger partial charge on any atom is -0.493 e. The fraction of sp³-hybridized carbons (Fsp3) is 0.588. The standard InChI is InChI=1S/C17H25NO2S/c1-13-7-9-14(10-8-13)19-11-4-12-20-16-6-3-2-5-15(16)17(18)21/h2-3,5-6,13-14H,4,7-12H2,1H3,(H2,18,21). The van der Waals surface area contributed by atoms with Gasteiger partial charge in [-0.3, -0.25) is 0 Å². The maximum atomic E-state index is 5.92. The summed E-state index contributed by atoms with van der Waals surface area (Å²) in [5.41, 5.74) is 6.48. The van der Waals surface area contributed by atoms with Crippen LogP contribution >= 0.6 is 12.2 Å². The second kappa shape index (κ2) is 8.35. The molecule has 0 aromatic heterocycles. The van der Waals surface area contributed by atoms with Gasteiger partial charge in [-0.25, -0.2) is 0 Å². The summed E-state index contributed by atoms with van der Waals surface area (Å²) in [4.78, 5) is 0.373. The lowest BCUT2D eigenvalue weighted by Crippen LogP contribution is -2.21. The molecule has 0 radical (unpaired) electrons. The number of ether oxygens (including phenoxy) is 2. The average Bonchev–Trinajstić information content (AvgIpc) is 2.49. The first-order valence-electron chi connectivity index (χ1n) is 7.80. The van der Waals surface area contributed by atoms with Gasteiger partial charge in [0.1, 0.15) is 10.7 Å². The summed E-state index contributed by atoms with van der Waals surface area (Å²) in [5.74, 6) is 1.63. The second-order valence-corrected chi connectivity index (χ2v) is 6.25. The van der Waals surface area contributed by atoms with Crippen molar-refractivity contribution in [1.29, 1.82) is 0 Å². The van der Waals surface area contributed by atoms with Crippen molar-refractivity contribution in [2.24, 2.45) is 11.7 Å². The predicted molar refractivity (Wildman–Crippen MR) is 89.8 cm³/mol. The Balaban J connectivity index is 1.65. The number of nitrogens with two attached hydrogens (primary N) is 1. The molecule has 1 aliphatic carbocycles. The highest BCUT2D eigenvalue weighted by Gasteiger charge is 2.18. The zero-order valence-electron chi connectivity index (χ0n) is 12.7. The Morgan fingerprint density at radius 2 is 1.90 bits per heavy atom. The molecule has 116 valence electrons. The summed E-state index contributed by atoms with van der Waals surface area (Å²) >= 11 is 5.02. The van der Waals surface area contributed by atoms with E-state index in [2.05, 4.69) is 6.92 Å². The third kappa shape index (κ3) is 5.29. The molecular weight excluding hydrogens is 282 g/mol. The predicted octanol–water partition coefficient (Wildman–Crippen LogP) is 3.69. The molecule has 1 saturated carbocycles. The number of hydrogen-bond donors (Lipinski definition) is 1. The van der Waals surface area contributed by atoms with Crippen molar-refractivity contribution in [3.05, 3.63) is 29.8 Å². The molecule has 0 atom stereocenters. The monoisotopic (exact) mass is 307 g/mol. The Kier molecular flexibility index (Phi) is 6.46. The molecule has 0 saturated heterocycles. The van der Waals surface area contributed by atoms with Crippen LogP contribution in [0.4, 0.5) is 0 Å². The summed E-state index contributed by atoms with van der Waals surface area (Å²) in [6.07, 6.45) is 6.33. The molecule has 0 amide bonds. The van der Waals surface area contributed by atoms with E-state index >= 15 is 0 Å². The molecule has 2 rings (SSSR count). The highest BCUT2D eigenvalue weighted by atomic mass is 32.1. The molecule has 0 aliphatic heterocycles. The van der Waals surface area contributed by atoms with Gasteiger partial charge in [-0.05, 0) is 43.7 Å². The molecular formula is C17H25NO2S. The van der Waals surface area contributed by atoms with Crippen LogP contribution in [0.2, 0.25) is 0 Å². The Bertz CT molecular complexity index is 456. The van der Waals surface area contributed by atoms with E-state index in [0.717, 1.165) is 30.3 Å².